The summed E-state index contributed by atoms with van der Waals surface area (Å²) in [6.45, 7) is 17.3. The summed E-state index contributed by atoms with van der Waals surface area (Å²) in [5.41, 5.74) is 1.47. The van der Waals surface area contributed by atoms with E-state index in [2.05, 4.69) is 39.2 Å². The molecule has 0 heterocycles. The first-order valence-corrected chi connectivity index (χ1v) is 9.99. The Kier molecular flexibility index (Phi) is 15.4. The molecule has 0 aliphatic carbocycles. The molecule has 132 valence electrons. The third-order valence-corrected chi connectivity index (χ3v) is 4.52. The smallest absolute Gasteiger partial charge is 0.00185 e. The lowest BCUT2D eigenvalue weighted by molar-refractivity contribution is 0.254. The van der Waals surface area contributed by atoms with Crippen molar-refractivity contribution >= 4 is 0 Å². The van der Waals surface area contributed by atoms with Crippen LogP contribution in [0.2, 0.25) is 0 Å². The molecule has 0 atom stereocenters. The molecule has 0 fully saturated rings. The average Bonchev–Trinajstić information content (AvgIpc) is 2.49. The van der Waals surface area contributed by atoms with Gasteiger partial charge in [-0.2, -0.15) is 0 Å². The summed E-state index contributed by atoms with van der Waals surface area (Å²) < 4.78 is 0. The van der Waals surface area contributed by atoms with Crippen molar-refractivity contribution in [2.75, 3.05) is 19.6 Å². The van der Waals surface area contributed by atoms with Gasteiger partial charge in [0.15, 0.2) is 0 Å². The van der Waals surface area contributed by atoms with E-state index in [4.69, 9.17) is 0 Å². The fourth-order valence-electron chi connectivity index (χ4n) is 2.78. The fourth-order valence-corrected chi connectivity index (χ4v) is 2.78. The van der Waals surface area contributed by atoms with E-state index in [0.717, 1.165) is 5.92 Å². The van der Waals surface area contributed by atoms with Crippen LogP contribution in [0.4, 0.5) is 0 Å². The van der Waals surface area contributed by atoms with Gasteiger partial charge in [0.05, 0.1) is 0 Å². The third-order valence-electron chi connectivity index (χ3n) is 4.52. The second-order valence-corrected chi connectivity index (χ2v) is 7.40. The summed E-state index contributed by atoms with van der Waals surface area (Å²) in [5.74, 6) is 0.815. The van der Waals surface area contributed by atoms with E-state index in [1.807, 2.05) is 0 Å². The van der Waals surface area contributed by atoms with Gasteiger partial charge in [-0.15, -0.1) is 0 Å². The van der Waals surface area contributed by atoms with E-state index in [1.54, 1.807) is 0 Å². The van der Waals surface area contributed by atoms with Crippen LogP contribution in [-0.4, -0.2) is 24.5 Å². The molecule has 0 aromatic carbocycles. The molecule has 0 saturated carbocycles. The van der Waals surface area contributed by atoms with Crippen LogP contribution in [0.25, 0.3) is 0 Å². The lowest BCUT2D eigenvalue weighted by atomic mass is 10.0. The van der Waals surface area contributed by atoms with E-state index in [9.17, 15) is 0 Å². The number of nitrogens with zero attached hydrogens (tertiary/aromatic N) is 1. The number of rotatable bonds is 16. The maximum absolute atomic E-state index is 4.31. The molecule has 0 spiro atoms. The Balaban J connectivity index is 3.84. The Labute approximate surface area is 141 Å². The largest absolute Gasteiger partial charge is 0.303 e. The van der Waals surface area contributed by atoms with Crippen LogP contribution < -0.4 is 0 Å². The molecule has 1 nitrogen and oxygen atoms in total. The van der Waals surface area contributed by atoms with Crippen LogP contribution in [0.5, 0.6) is 0 Å². The fraction of sp³-hybridized carbons (Fsp3) is 0.905. The van der Waals surface area contributed by atoms with Crippen molar-refractivity contribution in [1.82, 2.24) is 4.90 Å². The second kappa shape index (κ2) is 15.6. The maximum atomic E-state index is 4.31. The molecule has 0 aliphatic heterocycles. The van der Waals surface area contributed by atoms with Crippen molar-refractivity contribution < 1.29 is 0 Å². The first-order chi connectivity index (χ1) is 10.6. The van der Waals surface area contributed by atoms with Crippen LogP contribution >= 0.6 is 0 Å². The van der Waals surface area contributed by atoms with Gasteiger partial charge >= 0.3 is 0 Å². The second-order valence-electron chi connectivity index (χ2n) is 7.40. The minimum Gasteiger partial charge on any atom is -0.303 e. The molecule has 0 radical (unpaired) electrons. The zero-order valence-corrected chi connectivity index (χ0v) is 16.1. The molecule has 0 aliphatic rings. The lowest BCUT2D eigenvalue weighted by Crippen LogP contribution is -2.28. The molecule has 0 aromatic heterocycles. The van der Waals surface area contributed by atoms with Crippen LogP contribution in [0, 0.1) is 5.92 Å². The van der Waals surface area contributed by atoms with Crippen LogP contribution in [-0.2, 0) is 0 Å². The maximum Gasteiger partial charge on any atom is 0.00185 e. The van der Waals surface area contributed by atoms with Gasteiger partial charge in [0.2, 0.25) is 0 Å². The van der Waals surface area contributed by atoms with Crippen LogP contribution in [0.15, 0.2) is 12.2 Å². The van der Waals surface area contributed by atoms with Gasteiger partial charge < -0.3 is 4.90 Å². The van der Waals surface area contributed by atoms with Gasteiger partial charge in [-0.25, -0.2) is 0 Å². The average molecular weight is 310 g/mol. The highest BCUT2D eigenvalue weighted by molar-refractivity contribution is 4.94. The highest BCUT2D eigenvalue weighted by Crippen LogP contribution is 2.14. The number of hydrogen-bond acceptors (Lipinski definition) is 1. The molecule has 0 aromatic rings. The molecule has 0 rings (SSSR count). The van der Waals surface area contributed by atoms with Crippen molar-refractivity contribution in [3.63, 3.8) is 0 Å². The summed E-state index contributed by atoms with van der Waals surface area (Å²) in [4.78, 5) is 2.68. The van der Waals surface area contributed by atoms with Gasteiger partial charge in [0.25, 0.3) is 0 Å². The highest BCUT2D eigenvalue weighted by atomic mass is 15.1. The highest BCUT2D eigenvalue weighted by Gasteiger charge is 2.07. The number of unbranched alkanes of at least 4 members (excludes halogenated alkanes) is 6. The molecule has 0 unspecified atom stereocenters. The predicted molar refractivity (Wildman–Crippen MR) is 103 cm³/mol. The molecule has 0 bridgehead atoms. The molecule has 22 heavy (non-hydrogen) atoms. The summed E-state index contributed by atoms with van der Waals surface area (Å²) in [5, 5.41) is 0. The molecule has 0 amide bonds. The van der Waals surface area contributed by atoms with Gasteiger partial charge in [0, 0.05) is 6.54 Å². The van der Waals surface area contributed by atoms with Gasteiger partial charge in [-0.1, -0.05) is 78.4 Å². The Hall–Kier alpha value is -0.300. The molecular weight excluding hydrogens is 266 g/mol. The topological polar surface area (TPSA) is 3.24 Å². The quantitative estimate of drug-likeness (QED) is 0.223. The predicted octanol–water partition coefficient (Wildman–Crippen LogP) is 6.83. The molecule has 0 N–H and O–H groups in total. The minimum atomic E-state index is 0.815. The summed E-state index contributed by atoms with van der Waals surface area (Å²) in [6.07, 6.45) is 14.7. The summed E-state index contributed by atoms with van der Waals surface area (Å²) in [6, 6.07) is 0. The summed E-state index contributed by atoms with van der Waals surface area (Å²) >= 11 is 0. The van der Waals surface area contributed by atoms with Crippen LogP contribution in [0.1, 0.15) is 98.3 Å². The van der Waals surface area contributed by atoms with E-state index in [0.29, 0.717) is 0 Å². The minimum absolute atomic E-state index is 0.815. The van der Waals surface area contributed by atoms with Crippen molar-refractivity contribution in [1.29, 1.82) is 0 Å². The van der Waals surface area contributed by atoms with Crippen molar-refractivity contribution in [2.45, 2.75) is 98.3 Å². The molecular formula is C21H43N. The Morgan fingerprint density at radius 2 is 1.41 bits per heavy atom. The number of hydrogen-bond donors (Lipinski definition) is 0. The standard InChI is InChI=1S/C21H43N/c1-6-8-10-11-12-14-21(5)16-19-22(17-13-9-7-2)18-15-20(3)4/h20H,5-19H2,1-4H3. The zero-order chi connectivity index (χ0) is 16.6. The Morgan fingerprint density at radius 3 is 2.05 bits per heavy atom. The first kappa shape index (κ1) is 21.7. The molecule has 0 saturated heterocycles. The Morgan fingerprint density at radius 1 is 0.773 bits per heavy atom. The normalized spacial score (nSPS) is 11.5. The monoisotopic (exact) mass is 309 g/mol. The lowest BCUT2D eigenvalue weighted by Gasteiger charge is -2.23. The molecule has 1 heteroatoms. The summed E-state index contributed by atoms with van der Waals surface area (Å²) in [7, 11) is 0. The van der Waals surface area contributed by atoms with Gasteiger partial charge in [-0.3, -0.25) is 0 Å². The Bertz CT molecular complexity index is 244. The van der Waals surface area contributed by atoms with Crippen molar-refractivity contribution in [3.05, 3.63) is 12.2 Å². The first-order valence-electron chi connectivity index (χ1n) is 9.99. The zero-order valence-electron chi connectivity index (χ0n) is 16.1. The van der Waals surface area contributed by atoms with Crippen LogP contribution in [0.3, 0.4) is 0 Å². The third kappa shape index (κ3) is 14.6. The van der Waals surface area contributed by atoms with Gasteiger partial charge in [0.1, 0.15) is 0 Å². The SMILES string of the molecule is C=C(CCCCCCC)CCN(CCCCC)CCC(C)C. The van der Waals surface area contributed by atoms with E-state index in [1.165, 1.54) is 95.8 Å². The van der Waals surface area contributed by atoms with Gasteiger partial charge in [-0.05, 0) is 51.1 Å². The van der Waals surface area contributed by atoms with Crippen molar-refractivity contribution in [3.8, 4) is 0 Å². The van der Waals surface area contributed by atoms with E-state index < -0.39 is 0 Å². The van der Waals surface area contributed by atoms with E-state index in [-0.39, 0.29) is 0 Å². The van der Waals surface area contributed by atoms with Crippen molar-refractivity contribution in [2.24, 2.45) is 5.92 Å². The van der Waals surface area contributed by atoms with E-state index >= 15 is 0 Å².